The molecule has 0 spiro atoms. The lowest BCUT2D eigenvalue weighted by Crippen LogP contribution is -1.93. The average molecular weight is 797 g/mol. The molecule has 0 amide bonds. The maximum atomic E-state index is 2.46. The first-order chi connectivity index (χ1) is 29.7. The Hall–Kier alpha value is -7.24. The van der Waals surface area contributed by atoms with E-state index in [1.165, 1.54) is 128 Å². The number of fused-ring (bicyclic) bond motifs is 16. The van der Waals surface area contributed by atoms with Crippen molar-refractivity contribution in [3.63, 3.8) is 0 Å². The van der Waals surface area contributed by atoms with Crippen molar-refractivity contribution in [2.75, 3.05) is 0 Å². The Kier molecular flexibility index (Phi) is 6.62. The second kappa shape index (κ2) is 12.2. The van der Waals surface area contributed by atoms with E-state index in [4.69, 9.17) is 0 Å². The molecule has 10 aromatic carbocycles. The maximum absolute atomic E-state index is 2.46. The van der Waals surface area contributed by atoms with E-state index >= 15 is 0 Å². The topological polar surface area (TPSA) is 9.86 Å². The van der Waals surface area contributed by atoms with Crippen molar-refractivity contribution in [1.82, 2.24) is 9.13 Å². The number of aromatic nitrogens is 2. The molecule has 0 aliphatic heterocycles. The normalized spacial score (nSPS) is 12.3. The zero-order valence-corrected chi connectivity index (χ0v) is 33.8. The molecule has 0 aliphatic rings. The summed E-state index contributed by atoms with van der Waals surface area (Å²) in [6, 6.07) is 72.4. The van der Waals surface area contributed by atoms with Gasteiger partial charge in [-0.3, -0.25) is 0 Å². The van der Waals surface area contributed by atoms with Crippen LogP contribution in [-0.4, -0.2) is 9.13 Å². The summed E-state index contributed by atoms with van der Waals surface area (Å²) in [5.74, 6) is 0. The molecule has 0 N–H and O–H groups in total. The fraction of sp³-hybridized carbons (Fsp3) is 0. The summed E-state index contributed by atoms with van der Waals surface area (Å²) < 4.78 is 10.3. The summed E-state index contributed by atoms with van der Waals surface area (Å²) in [6.07, 6.45) is 0. The van der Waals surface area contributed by atoms with E-state index in [2.05, 4.69) is 203 Å². The first-order valence-corrected chi connectivity index (χ1v) is 22.1. The average Bonchev–Trinajstić information content (AvgIpc) is 4.05. The third-order valence-corrected chi connectivity index (χ3v) is 15.3. The van der Waals surface area contributed by atoms with E-state index in [0.717, 1.165) is 0 Å². The van der Waals surface area contributed by atoms with E-state index in [0.29, 0.717) is 0 Å². The van der Waals surface area contributed by atoms with Crippen molar-refractivity contribution in [3.05, 3.63) is 194 Å². The monoisotopic (exact) mass is 796 g/mol. The lowest BCUT2D eigenvalue weighted by molar-refractivity contribution is 1.18. The summed E-state index contributed by atoms with van der Waals surface area (Å²) in [4.78, 5) is 0. The minimum atomic E-state index is 1.17. The van der Waals surface area contributed by atoms with Gasteiger partial charge in [0, 0.05) is 84.0 Å². The van der Waals surface area contributed by atoms with E-state index in [-0.39, 0.29) is 0 Å². The molecule has 14 rings (SSSR count). The van der Waals surface area contributed by atoms with Gasteiger partial charge < -0.3 is 9.13 Å². The standard InChI is InChI=1S/C56H32N2S2/c1-3-11-37(12-4-1)57-49-25-21-33(27-45(49)47-31-43-35(29-51(47)57)19-23-41-39-15-7-9-17-53(39)59-55(41)43)34-22-26-50-46(28-34)48-32-44-36(30-52(48)58(50)38-13-5-2-6-14-38)20-24-42-40-16-8-10-18-54(40)60-56(42)44/h1-32H. The van der Waals surface area contributed by atoms with Gasteiger partial charge in [-0.15, -0.1) is 22.7 Å². The number of thiophene rings is 2. The first-order valence-electron chi connectivity index (χ1n) is 20.5. The Balaban J connectivity index is 1.04. The van der Waals surface area contributed by atoms with Gasteiger partial charge in [0.2, 0.25) is 0 Å². The number of hydrogen-bond donors (Lipinski definition) is 0. The number of rotatable bonds is 3. The van der Waals surface area contributed by atoms with Crippen LogP contribution in [0.1, 0.15) is 0 Å². The molecule has 0 fully saturated rings. The highest BCUT2D eigenvalue weighted by Gasteiger charge is 2.19. The van der Waals surface area contributed by atoms with Crippen molar-refractivity contribution >= 4 is 128 Å². The fourth-order valence-electron chi connectivity index (χ4n) is 10.1. The molecule has 4 aromatic heterocycles. The van der Waals surface area contributed by atoms with Crippen LogP contribution in [0.4, 0.5) is 0 Å². The molecule has 0 aliphatic carbocycles. The Morgan fingerprint density at radius 1 is 0.267 bits per heavy atom. The second-order valence-corrected chi connectivity index (χ2v) is 18.2. The highest BCUT2D eigenvalue weighted by Crippen LogP contribution is 2.45. The SMILES string of the molecule is c1ccc(-n2c3ccc(-c4ccc5c(c4)c4cc6c(ccc7c8ccccc8sc67)cc4n5-c4ccccc4)cc3c3cc4c(ccc5c6ccccc6sc45)cc32)cc1. The van der Waals surface area contributed by atoms with Gasteiger partial charge >= 0.3 is 0 Å². The molecule has 278 valence electrons. The van der Waals surface area contributed by atoms with Crippen LogP contribution in [0.5, 0.6) is 0 Å². The molecule has 2 nitrogen and oxygen atoms in total. The molecule has 4 heteroatoms. The highest BCUT2D eigenvalue weighted by molar-refractivity contribution is 7.27. The van der Waals surface area contributed by atoms with E-state index in [1.54, 1.807) is 0 Å². The molecule has 0 saturated carbocycles. The quantitative estimate of drug-likeness (QED) is 0.169. The van der Waals surface area contributed by atoms with Crippen molar-refractivity contribution < 1.29 is 0 Å². The number of nitrogens with zero attached hydrogens (tertiary/aromatic N) is 2. The van der Waals surface area contributed by atoms with Gasteiger partial charge in [0.1, 0.15) is 0 Å². The van der Waals surface area contributed by atoms with Gasteiger partial charge in [-0.1, -0.05) is 109 Å². The van der Waals surface area contributed by atoms with Crippen molar-refractivity contribution in [3.8, 4) is 22.5 Å². The van der Waals surface area contributed by atoms with Gasteiger partial charge in [-0.25, -0.2) is 0 Å². The highest BCUT2D eigenvalue weighted by atomic mass is 32.1. The first kappa shape index (κ1) is 32.7. The smallest absolute Gasteiger partial charge is 0.0547 e. The van der Waals surface area contributed by atoms with E-state index in [9.17, 15) is 0 Å². The Labute approximate surface area is 352 Å². The molecule has 14 aromatic rings. The van der Waals surface area contributed by atoms with Crippen LogP contribution >= 0.6 is 22.7 Å². The summed E-state index contributed by atoms with van der Waals surface area (Å²) in [5, 5.41) is 15.6. The van der Waals surface area contributed by atoms with Gasteiger partial charge in [-0.2, -0.15) is 0 Å². The van der Waals surface area contributed by atoms with E-state index < -0.39 is 0 Å². The number of para-hydroxylation sites is 2. The number of benzene rings is 10. The Morgan fingerprint density at radius 3 is 1.15 bits per heavy atom. The Bertz CT molecular complexity index is 3840. The number of hydrogen-bond acceptors (Lipinski definition) is 2. The molecule has 60 heavy (non-hydrogen) atoms. The summed E-state index contributed by atoms with van der Waals surface area (Å²) >= 11 is 3.81. The van der Waals surface area contributed by atoms with Crippen molar-refractivity contribution in [2.45, 2.75) is 0 Å². The van der Waals surface area contributed by atoms with E-state index in [1.807, 2.05) is 22.7 Å². The van der Waals surface area contributed by atoms with Crippen molar-refractivity contribution in [1.29, 1.82) is 0 Å². The van der Waals surface area contributed by atoms with Gasteiger partial charge in [0.05, 0.1) is 22.1 Å². The van der Waals surface area contributed by atoms with Crippen LogP contribution in [-0.2, 0) is 0 Å². The lowest BCUT2D eigenvalue weighted by atomic mass is 9.99. The summed E-state index contributed by atoms with van der Waals surface area (Å²) in [5.41, 5.74) is 9.64. The van der Waals surface area contributed by atoms with Gasteiger partial charge in [-0.05, 0) is 107 Å². The van der Waals surface area contributed by atoms with Crippen LogP contribution in [0.2, 0.25) is 0 Å². The van der Waals surface area contributed by atoms with Crippen LogP contribution in [0.3, 0.4) is 0 Å². The molecule has 0 unspecified atom stereocenters. The predicted octanol–water partition coefficient (Wildman–Crippen LogP) is 16.6. The molecular weight excluding hydrogens is 765 g/mol. The second-order valence-electron chi connectivity index (χ2n) is 16.1. The summed E-state index contributed by atoms with van der Waals surface area (Å²) in [7, 11) is 0. The molecule has 0 bridgehead atoms. The molecule has 0 saturated heterocycles. The maximum Gasteiger partial charge on any atom is 0.0547 e. The van der Waals surface area contributed by atoms with Gasteiger partial charge in [0.15, 0.2) is 0 Å². The molecular formula is C56H32N2S2. The zero-order chi connectivity index (χ0) is 39.1. The third-order valence-electron chi connectivity index (χ3n) is 12.9. The molecule has 4 heterocycles. The van der Waals surface area contributed by atoms with Crippen molar-refractivity contribution in [2.24, 2.45) is 0 Å². The predicted molar refractivity (Wildman–Crippen MR) is 261 cm³/mol. The van der Waals surface area contributed by atoms with Crippen LogP contribution < -0.4 is 0 Å². The van der Waals surface area contributed by atoms with Gasteiger partial charge in [0.25, 0.3) is 0 Å². The summed E-state index contributed by atoms with van der Waals surface area (Å²) in [6.45, 7) is 0. The molecule has 0 atom stereocenters. The van der Waals surface area contributed by atoms with Crippen LogP contribution in [0.25, 0.3) is 128 Å². The Morgan fingerprint density at radius 2 is 0.683 bits per heavy atom. The van der Waals surface area contributed by atoms with Crippen LogP contribution in [0, 0.1) is 0 Å². The van der Waals surface area contributed by atoms with Crippen LogP contribution in [0.15, 0.2) is 194 Å². The largest absolute Gasteiger partial charge is 0.309 e. The lowest BCUT2D eigenvalue weighted by Gasteiger charge is -2.09. The zero-order valence-electron chi connectivity index (χ0n) is 32.2. The fourth-order valence-corrected chi connectivity index (χ4v) is 12.6. The molecule has 0 radical (unpaired) electrons. The third kappa shape index (κ3) is 4.52. The minimum Gasteiger partial charge on any atom is -0.309 e. The minimum absolute atomic E-state index is 1.17.